The van der Waals surface area contributed by atoms with Crippen LogP contribution in [0.15, 0.2) is 17.9 Å². The average Bonchev–Trinajstić information content (AvgIpc) is 2.95. The Hall–Kier alpha value is -1.73. The normalized spacial score (nSPS) is 12.9. The topological polar surface area (TPSA) is 94.0 Å². The van der Waals surface area contributed by atoms with Crippen molar-refractivity contribution in [3.05, 3.63) is 23.6 Å². The van der Waals surface area contributed by atoms with Crippen LogP contribution in [0, 0.1) is 0 Å². The van der Waals surface area contributed by atoms with Crippen LogP contribution >= 0.6 is 11.3 Å². The summed E-state index contributed by atoms with van der Waals surface area (Å²) in [5, 5.41) is 11.2. The van der Waals surface area contributed by atoms with E-state index in [2.05, 4.69) is 9.97 Å². The van der Waals surface area contributed by atoms with E-state index < -0.39 is 12.0 Å². The highest BCUT2D eigenvalue weighted by atomic mass is 32.1. The van der Waals surface area contributed by atoms with Crippen molar-refractivity contribution in [2.45, 2.75) is 25.9 Å². The fraction of sp³-hybridized carbons (Fsp3) is 0.364. The molecule has 2 rings (SSSR count). The van der Waals surface area contributed by atoms with Crippen LogP contribution in [0.25, 0.3) is 10.7 Å². The Bertz CT molecular complexity index is 561. The van der Waals surface area contributed by atoms with Crippen LogP contribution in [0.3, 0.4) is 0 Å². The molecule has 96 valence electrons. The summed E-state index contributed by atoms with van der Waals surface area (Å²) in [4.78, 5) is 19.2. The summed E-state index contributed by atoms with van der Waals surface area (Å²) in [6, 6.07) is -0.812. The van der Waals surface area contributed by atoms with Gasteiger partial charge in [-0.2, -0.15) is 0 Å². The molecule has 3 N–H and O–H groups in total. The van der Waals surface area contributed by atoms with Crippen LogP contribution in [-0.2, 0) is 4.79 Å². The van der Waals surface area contributed by atoms with Gasteiger partial charge >= 0.3 is 5.97 Å². The molecule has 2 heterocycles. The van der Waals surface area contributed by atoms with Gasteiger partial charge in [0.15, 0.2) is 0 Å². The zero-order chi connectivity index (χ0) is 13.3. The summed E-state index contributed by atoms with van der Waals surface area (Å²) in [6.07, 6.45) is 3.45. The molecule has 0 saturated carbocycles. The molecule has 0 aliphatic carbocycles. The van der Waals surface area contributed by atoms with E-state index in [1.807, 2.05) is 18.4 Å². The van der Waals surface area contributed by atoms with Crippen LogP contribution < -0.4 is 5.73 Å². The van der Waals surface area contributed by atoms with E-state index in [0.717, 1.165) is 10.7 Å². The SMILES string of the molecule is CC(C)n1cncc1-c1nc(C(N)C(=O)O)cs1. The van der Waals surface area contributed by atoms with Gasteiger partial charge in [-0.3, -0.25) is 4.79 Å². The Balaban J connectivity index is 2.35. The van der Waals surface area contributed by atoms with Crippen molar-refractivity contribution in [2.24, 2.45) is 5.73 Å². The number of carboxylic acid groups (broad SMARTS) is 1. The molecule has 1 atom stereocenters. The minimum atomic E-state index is -1.08. The number of imidazole rings is 1. The molecule has 0 amide bonds. The molecular formula is C11H14N4O2S. The summed E-state index contributed by atoms with van der Waals surface area (Å²) >= 11 is 1.37. The molecule has 2 aromatic rings. The number of rotatable bonds is 4. The lowest BCUT2D eigenvalue weighted by Crippen LogP contribution is -2.20. The molecule has 0 radical (unpaired) electrons. The molecule has 6 nitrogen and oxygen atoms in total. The van der Waals surface area contributed by atoms with Crippen molar-refractivity contribution >= 4 is 17.3 Å². The lowest BCUT2D eigenvalue weighted by atomic mass is 10.2. The largest absolute Gasteiger partial charge is 0.480 e. The van der Waals surface area contributed by atoms with Crippen molar-refractivity contribution in [3.8, 4) is 10.7 Å². The van der Waals surface area contributed by atoms with E-state index >= 15 is 0 Å². The van der Waals surface area contributed by atoms with Gasteiger partial charge in [-0.25, -0.2) is 9.97 Å². The number of aromatic nitrogens is 3. The molecule has 0 bridgehead atoms. The van der Waals surface area contributed by atoms with Crippen LogP contribution in [0.5, 0.6) is 0 Å². The standard InChI is InChI=1S/C11H14N4O2S/c1-6(2)15-5-13-3-8(15)10-14-7(4-18-10)9(12)11(16)17/h3-6,9H,12H2,1-2H3,(H,16,17). The highest BCUT2D eigenvalue weighted by Gasteiger charge is 2.19. The van der Waals surface area contributed by atoms with Crippen molar-refractivity contribution in [3.63, 3.8) is 0 Å². The van der Waals surface area contributed by atoms with Crippen molar-refractivity contribution < 1.29 is 9.90 Å². The first kappa shape index (κ1) is 12.7. The van der Waals surface area contributed by atoms with Gasteiger partial charge in [0.2, 0.25) is 0 Å². The molecule has 2 aromatic heterocycles. The average molecular weight is 266 g/mol. The quantitative estimate of drug-likeness (QED) is 0.877. The second-order valence-electron chi connectivity index (χ2n) is 4.17. The third-order valence-electron chi connectivity index (χ3n) is 2.55. The van der Waals surface area contributed by atoms with E-state index in [1.165, 1.54) is 11.3 Å². The first-order valence-electron chi connectivity index (χ1n) is 5.46. The fourth-order valence-corrected chi connectivity index (χ4v) is 2.42. The maximum Gasteiger partial charge on any atom is 0.326 e. The van der Waals surface area contributed by atoms with E-state index in [0.29, 0.717) is 5.69 Å². The number of thiazole rings is 1. The molecule has 0 saturated heterocycles. The molecule has 0 spiro atoms. The molecule has 7 heteroatoms. The number of carboxylic acids is 1. The Labute approximate surface area is 108 Å². The predicted octanol–water partition coefficient (Wildman–Crippen LogP) is 1.67. The smallest absolute Gasteiger partial charge is 0.326 e. The highest BCUT2D eigenvalue weighted by molar-refractivity contribution is 7.13. The number of nitrogens with two attached hydrogens (primary N) is 1. The van der Waals surface area contributed by atoms with Gasteiger partial charge < -0.3 is 15.4 Å². The summed E-state index contributed by atoms with van der Waals surface area (Å²) in [6.45, 7) is 4.09. The Kier molecular flexibility index (Phi) is 3.44. The first-order chi connectivity index (χ1) is 8.50. The number of hydrogen-bond donors (Lipinski definition) is 2. The summed E-state index contributed by atoms with van der Waals surface area (Å²) in [5.74, 6) is -1.08. The third-order valence-corrected chi connectivity index (χ3v) is 3.43. The Morgan fingerprint density at radius 1 is 1.56 bits per heavy atom. The van der Waals surface area contributed by atoms with Gasteiger partial charge in [0.05, 0.1) is 23.9 Å². The number of nitrogens with zero attached hydrogens (tertiary/aromatic N) is 3. The van der Waals surface area contributed by atoms with Gasteiger partial charge in [0.1, 0.15) is 11.0 Å². The van der Waals surface area contributed by atoms with Gasteiger partial charge in [-0.1, -0.05) is 0 Å². The zero-order valence-electron chi connectivity index (χ0n) is 10.1. The monoisotopic (exact) mass is 266 g/mol. The maximum absolute atomic E-state index is 10.8. The van der Waals surface area contributed by atoms with Crippen molar-refractivity contribution in [1.82, 2.24) is 14.5 Å². The van der Waals surface area contributed by atoms with Gasteiger partial charge in [-0.05, 0) is 13.8 Å². The molecule has 0 aliphatic heterocycles. The molecular weight excluding hydrogens is 252 g/mol. The molecule has 1 unspecified atom stereocenters. The Morgan fingerprint density at radius 2 is 2.28 bits per heavy atom. The number of hydrogen-bond acceptors (Lipinski definition) is 5. The summed E-state index contributed by atoms with van der Waals surface area (Å²) in [7, 11) is 0. The van der Waals surface area contributed by atoms with Crippen LogP contribution in [0.2, 0.25) is 0 Å². The zero-order valence-corrected chi connectivity index (χ0v) is 10.9. The van der Waals surface area contributed by atoms with Crippen LogP contribution in [0.4, 0.5) is 0 Å². The molecule has 18 heavy (non-hydrogen) atoms. The second kappa shape index (κ2) is 4.87. The highest BCUT2D eigenvalue weighted by Crippen LogP contribution is 2.27. The Morgan fingerprint density at radius 3 is 2.89 bits per heavy atom. The predicted molar refractivity (Wildman–Crippen MR) is 68.3 cm³/mol. The van der Waals surface area contributed by atoms with E-state index in [4.69, 9.17) is 10.8 Å². The molecule has 0 aliphatic rings. The van der Waals surface area contributed by atoms with Crippen molar-refractivity contribution in [2.75, 3.05) is 0 Å². The molecule has 0 fully saturated rings. The minimum Gasteiger partial charge on any atom is -0.480 e. The number of carbonyl (C=O) groups is 1. The van der Waals surface area contributed by atoms with Gasteiger partial charge in [0.25, 0.3) is 0 Å². The van der Waals surface area contributed by atoms with Crippen molar-refractivity contribution in [1.29, 1.82) is 0 Å². The van der Waals surface area contributed by atoms with E-state index in [1.54, 1.807) is 17.9 Å². The third kappa shape index (κ3) is 2.27. The maximum atomic E-state index is 10.8. The van der Waals surface area contributed by atoms with E-state index in [9.17, 15) is 4.79 Å². The number of aliphatic carboxylic acids is 1. The lowest BCUT2D eigenvalue weighted by molar-refractivity contribution is -0.138. The fourth-order valence-electron chi connectivity index (χ4n) is 1.55. The van der Waals surface area contributed by atoms with E-state index in [-0.39, 0.29) is 6.04 Å². The van der Waals surface area contributed by atoms with Gasteiger partial charge in [-0.15, -0.1) is 11.3 Å². The minimum absolute atomic E-state index is 0.267. The van der Waals surface area contributed by atoms with Crippen LogP contribution in [0.1, 0.15) is 31.6 Å². The first-order valence-corrected chi connectivity index (χ1v) is 6.34. The summed E-state index contributed by atoms with van der Waals surface area (Å²) in [5.41, 5.74) is 6.77. The second-order valence-corrected chi connectivity index (χ2v) is 5.03. The summed E-state index contributed by atoms with van der Waals surface area (Å²) < 4.78 is 1.98. The molecule has 0 aromatic carbocycles. The lowest BCUT2D eigenvalue weighted by Gasteiger charge is -2.09. The van der Waals surface area contributed by atoms with Crippen LogP contribution in [-0.4, -0.2) is 25.6 Å². The van der Waals surface area contributed by atoms with Gasteiger partial charge in [0, 0.05) is 11.4 Å².